The van der Waals surface area contributed by atoms with Gasteiger partial charge in [-0.1, -0.05) is 32.0 Å². The number of carbonyl (C=O) groups is 2. The number of nitrogens with zero attached hydrogens (tertiary/aromatic N) is 2. The third kappa shape index (κ3) is 4.38. The summed E-state index contributed by atoms with van der Waals surface area (Å²) in [7, 11) is 0. The molecule has 1 atom stereocenters. The molecular weight excluding hydrogens is 436 g/mol. The maximum Gasteiger partial charge on any atom is 0.300 e. The third-order valence-electron chi connectivity index (χ3n) is 5.22. The molecule has 0 aliphatic carbocycles. The summed E-state index contributed by atoms with van der Waals surface area (Å²) in [5, 5.41) is 22.2. The Bertz CT molecular complexity index is 1250. The van der Waals surface area contributed by atoms with Gasteiger partial charge in [0.25, 0.3) is 11.7 Å². The highest BCUT2D eigenvalue weighted by atomic mass is 32.1. The number of hydrogen-bond donors (Lipinski definition) is 1. The van der Waals surface area contributed by atoms with Gasteiger partial charge in [0.05, 0.1) is 23.8 Å². The Morgan fingerprint density at radius 2 is 1.91 bits per heavy atom. The number of ketones is 1. The molecule has 1 saturated heterocycles. The molecule has 2 aromatic carbocycles. The Morgan fingerprint density at radius 3 is 2.55 bits per heavy atom. The van der Waals surface area contributed by atoms with Crippen molar-refractivity contribution in [1.29, 1.82) is 5.26 Å². The van der Waals surface area contributed by atoms with Gasteiger partial charge in [-0.15, -0.1) is 11.3 Å². The highest BCUT2D eigenvalue weighted by Gasteiger charge is 2.47. The summed E-state index contributed by atoms with van der Waals surface area (Å²) in [6.07, 6.45) is 0. The van der Waals surface area contributed by atoms with Crippen molar-refractivity contribution in [2.45, 2.75) is 19.9 Å². The molecule has 0 bridgehead atoms. The second-order valence-corrected chi connectivity index (χ2v) is 9.06. The molecule has 1 aromatic heterocycles. The van der Waals surface area contributed by atoms with Crippen LogP contribution in [0, 0.1) is 17.2 Å². The molecule has 4 rings (SSSR count). The van der Waals surface area contributed by atoms with Gasteiger partial charge in [0, 0.05) is 16.1 Å². The van der Waals surface area contributed by atoms with Crippen LogP contribution >= 0.6 is 11.3 Å². The van der Waals surface area contributed by atoms with E-state index in [4.69, 9.17) is 10.00 Å². The maximum atomic E-state index is 13.1. The number of thiophene rings is 1. The van der Waals surface area contributed by atoms with E-state index in [1.807, 2.05) is 37.4 Å². The van der Waals surface area contributed by atoms with Crippen LogP contribution in [0.2, 0.25) is 0 Å². The SMILES string of the molecule is CC(C)COc1cccc(/C(O)=C2/C(=O)C(=O)N(c3ccc(C#N)cc3)C2c2cccs2)c1. The molecule has 1 unspecified atom stereocenters. The smallest absolute Gasteiger partial charge is 0.300 e. The van der Waals surface area contributed by atoms with Gasteiger partial charge in [0.1, 0.15) is 17.6 Å². The van der Waals surface area contributed by atoms with Crippen LogP contribution in [0.3, 0.4) is 0 Å². The van der Waals surface area contributed by atoms with Crippen molar-refractivity contribution in [1.82, 2.24) is 0 Å². The monoisotopic (exact) mass is 458 g/mol. The Labute approximate surface area is 196 Å². The van der Waals surface area contributed by atoms with Crippen LogP contribution in [-0.4, -0.2) is 23.4 Å². The summed E-state index contributed by atoms with van der Waals surface area (Å²) >= 11 is 1.39. The molecule has 6 nitrogen and oxygen atoms in total. The molecule has 1 aliphatic heterocycles. The fraction of sp³-hybridized carbons (Fsp3) is 0.192. The number of aliphatic hydroxyl groups excluding tert-OH is 1. The van der Waals surface area contributed by atoms with Crippen LogP contribution in [-0.2, 0) is 9.59 Å². The van der Waals surface area contributed by atoms with Gasteiger partial charge in [-0.3, -0.25) is 14.5 Å². The first kappa shape index (κ1) is 22.3. The predicted molar refractivity (Wildman–Crippen MR) is 127 cm³/mol. The first-order chi connectivity index (χ1) is 15.9. The summed E-state index contributed by atoms with van der Waals surface area (Å²) in [6.45, 7) is 4.59. The van der Waals surface area contributed by atoms with Crippen LogP contribution in [0.4, 0.5) is 5.69 Å². The minimum absolute atomic E-state index is 0.0211. The normalized spacial score (nSPS) is 17.4. The second kappa shape index (κ2) is 9.31. The van der Waals surface area contributed by atoms with Gasteiger partial charge >= 0.3 is 0 Å². The number of hydrogen-bond acceptors (Lipinski definition) is 6. The molecule has 166 valence electrons. The summed E-state index contributed by atoms with van der Waals surface area (Å²) < 4.78 is 5.76. The number of anilines is 1. The molecule has 0 saturated carbocycles. The number of benzene rings is 2. The molecule has 1 amide bonds. The number of amides is 1. The minimum Gasteiger partial charge on any atom is -0.507 e. The number of carbonyl (C=O) groups excluding carboxylic acids is 2. The lowest BCUT2D eigenvalue weighted by atomic mass is 9.99. The fourth-order valence-corrected chi connectivity index (χ4v) is 4.49. The van der Waals surface area contributed by atoms with Crippen molar-refractivity contribution >= 4 is 34.5 Å². The van der Waals surface area contributed by atoms with Crippen molar-refractivity contribution in [2.24, 2.45) is 5.92 Å². The van der Waals surface area contributed by atoms with Gasteiger partial charge in [0.15, 0.2) is 0 Å². The molecule has 3 aromatic rings. The first-order valence-electron chi connectivity index (χ1n) is 10.5. The largest absolute Gasteiger partial charge is 0.507 e. The van der Waals surface area contributed by atoms with E-state index in [1.54, 1.807) is 48.5 Å². The highest BCUT2D eigenvalue weighted by Crippen LogP contribution is 2.43. The lowest BCUT2D eigenvalue weighted by Crippen LogP contribution is -2.29. The summed E-state index contributed by atoms with van der Waals surface area (Å²) in [5.74, 6) is -0.839. The lowest BCUT2D eigenvalue weighted by molar-refractivity contribution is -0.132. The zero-order valence-corrected chi connectivity index (χ0v) is 19.0. The summed E-state index contributed by atoms with van der Waals surface area (Å²) in [5.41, 5.74) is 1.34. The quantitative estimate of drug-likeness (QED) is 0.308. The van der Waals surface area contributed by atoms with E-state index in [-0.39, 0.29) is 11.3 Å². The van der Waals surface area contributed by atoms with Crippen molar-refractivity contribution in [3.05, 3.63) is 87.6 Å². The molecule has 0 spiro atoms. The second-order valence-electron chi connectivity index (χ2n) is 8.08. The van der Waals surface area contributed by atoms with E-state index < -0.39 is 17.7 Å². The van der Waals surface area contributed by atoms with Crippen molar-refractivity contribution < 1.29 is 19.4 Å². The number of Topliss-reactive ketones (excluding diaryl/α,β-unsaturated/α-hetero) is 1. The Hall–Kier alpha value is -3.89. The Kier molecular flexibility index (Phi) is 6.29. The molecule has 2 heterocycles. The van der Waals surface area contributed by atoms with E-state index in [9.17, 15) is 14.7 Å². The zero-order chi connectivity index (χ0) is 23.5. The van der Waals surface area contributed by atoms with E-state index in [0.29, 0.717) is 35.1 Å². The van der Waals surface area contributed by atoms with Crippen molar-refractivity contribution in [3.8, 4) is 11.8 Å². The van der Waals surface area contributed by atoms with E-state index in [2.05, 4.69) is 0 Å². The summed E-state index contributed by atoms with van der Waals surface area (Å²) in [6, 6.07) is 18.2. The van der Waals surface area contributed by atoms with Gasteiger partial charge in [0.2, 0.25) is 0 Å². The number of rotatable bonds is 6. The highest BCUT2D eigenvalue weighted by molar-refractivity contribution is 7.10. The van der Waals surface area contributed by atoms with Gasteiger partial charge in [-0.05, 0) is 53.8 Å². The van der Waals surface area contributed by atoms with Crippen LogP contribution in [0.5, 0.6) is 5.75 Å². The lowest BCUT2D eigenvalue weighted by Gasteiger charge is -2.24. The fourth-order valence-electron chi connectivity index (χ4n) is 3.66. The maximum absolute atomic E-state index is 13.1. The van der Waals surface area contributed by atoms with Crippen LogP contribution in [0.15, 0.2) is 71.6 Å². The third-order valence-corrected chi connectivity index (χ3v) is 6.15. The molecule has 7 heteroatoms. The zero-order valence-electron chi connectivity index (χ0n) is 18.2. The summed E-state index contributed by atoms with van der Waals surface area (Å²) in [4.78, 5) is 28.4. The van der Waals surface area contributed by atoms with Crippen LogP contribution in [0.1, 0.15) is 35.9 Å². The van der Waals surface area contributed by atoms with Gasteiger partial charge in [-0.2, -0.15) is 5.26 Å². The number of nitriles is 1. The minimum atomic E-state index is -0.779. The first-order valence-corrected chi connectivity index (χ1v) is 11.4. The van der Waals surface area contributed by atoms with Crippen molar-refractivity contribution in [3.63, 3.8) is 0 Å². The molecular formula is C26H22N2O4S. The predicted octanol–water partition coefficient (Wildman–Crippen LogP) is 5.28. The van der Waals surface area contributed by atoms with Gasteiger partial charge < -0.3 is 9.84 Å². The van der Waals surface area contributed by atoms with E-state index in [0.717, 1.165) is 4.88 Å². The van der Waals surface area contributed by atoms with E-state index >= 15 is 0 Å². The van der Waals surface area contributed by atoms with Crippen LogP contribution in [0.25, 0.3) is 5.76 Å². The molecule has 1 fully saturated rings. The average molecular weight is 459 g/mol. The van der Waals surface area contributed by atoms with Crippen LogP contribution < -0.4 is 9.64 Å². The van der Waals surface area contributed by atoms with Crippen molar-refractivity contribution in [2.75, 3.05) is 11.5 Å². The van der Waals surface area contributed by atoms with E-state index in [1.165, 1.54) is 16.2 Å². The number of ether oxygens (including phenoxy) is 1. The molecule has 1 N–H and O–H groups in total. The molecule has 33 heavy (non-hydrogen) atoms. The standard InChI is InChI=1S/C26H22N2O4S/c1-16(2)15-32-20-6-3-5-18(13-20)24(29)22-23(21-7-4-12-33-21)28(26(31)25(22)30)19-10-8-17(14-27)9-11-19/h3-13,16,23,29H,15H2,1-2H3/b24-22-. The van der Waals surface area contributed by atoms with Gasteiger partial charge in [-0.25, -0.2) is 0 Å². The molecule has 1 aliphatic rings. The Morgan fingerprint density at radius 1 is 1.15 bits per heavy atom. The average Bonchev–Trinajstić information content (AvgIpc) is 3.44. The number of aliphatic hydroxyl groups is 1. The topological polar surface area (TPSA) is 90.6 Å². The molecule has 0 radical (unpaired) electrons. The Balaban J connectivity index is 1.82.